The van der Waals surface area contributed by atoms with E-state index >= 15 is 0 Å². The third kappa shape index (κ3) is 5.98. The fraction of sp³-hybridized carbons (Fsp3) is 0.318. The number of nitrogens with zero attached hydrogens (tertiary/aromatic N) is 1. The first-order chi connectivity index (χ1) is 21.8. The molecule has 0 unspecified atom stereocenters. The normalized spacial score (nSPS) is 12.8. The lowest BCUT2D eigenvalue weighted by Gasteiger charge is -2.42. The summed E-state index contributed by atoms with van der Waals surface area (Å²) in [6.45, 7) is 14.0. The van der Waals surface area contributed by atoms with Gasteiger partial charge in [0, 0.05) is 16.9 Å². The third-order valence-electron chi connectivity index (χ3n) is 11.1. The minimum absolute atomic E-state index is 0.0226. The Labute approximate surface area is 272 Å². The molecule has 0 amide bonds. The molecule has 1 heteroatoms. The van der Waals surface area contributed by atoms with Gasteiger partial charge in [-0.2, -0.15) is 0 Å². The molecule has 1 aliphatic rings. The van der Waals surface area contributed by atoms with E-state index in [9.17, 15) is 0 Å². The van der Waals surface area contributed by atoms with Crippen LogP contribution in [0.5, 0.6) is 0 Å². The number of hydrogen-bond acceptors (Lipinski definition) is 1. The number of fused-ring (bicyclic) bond motifs is 1. The molecule has 1 nitrogen and oxygen atoms in total. The average Bonchev–Trinajstić information content (AvgIpc) is 3.09. The zero-order valence-electron chi connectivity index (χ0n) is 28.2. The summed E-state index contributed by atoms with van der Waals surface area (Å²) in [5, 5.41) is 0. The van der Waals surface area contributed by atoms with Gasteiger partial charge in [0.15, 0.2) is 0 Å². The molecular formula is C44H49N. The van der Waals surface area contributed by atoms with Crippen LogP contribution in [-0.4, -0.2) is 5.54 Å². The van der Waals surface area contributed by atoms with Crippen molar-refractivity contribution in [3.63, 3.8) is 0 Å². The van der Waals surface area contributed by atoms with Crippen LogP contribution in [0.15, 0.2) is 115 Å². The van der Waals surface area contributed by atoms with Gasteiger partial charge in [-0.1, -0.05) is 120 Å². The predicted octanol–water partition coefficient (Wildman–Crippen LogP) is 12.6. The second-order valence-corrected chi connectivity index (χ2v) is 13.6. The van der Waals surface area contributed by atoms with Gasteiger partial charge >= 0.3 is 0 Å². The Kier molecular flexibility index (Phi) is 8.74. The highest BCUT2D eigenvalue weighted by Gasteiger charge is 2.30. The van der Waals surface area contributed by atoms with Crippen LogP contribution >= 0.6 is 0 Å². The van der Waals surface area contributed by atoms with Gasteiger partial charge < -0.3 is 4.90 Å². The summed E-state index contributed by atoms with van der Waals surface area (Å²) in [6, 6.07) is 43.6. The molecule has 0 bridgehead atoms. The highest BCUT2D eigenvalue weighted by molar-refractivity contribution is 5.79. The summed E-state index contributed by atoms with van der Waals surface area (Å²) in [6.07, 6.45) is 6.81. The monoisotopic (exact) mass is 591 g/mol. The summed E-state index contributed by atoms with van der Waals surface area (Å²) < 4.78 is 0. The Morgan fingerprint density at radius 2 is 0.933 bits per heavy atom. The maximum absolute atomic E-state index is 2.59. The lowest BCUT2D eigenvalue weighted by atomic mass is 9.77. The van der Waals surface area contributed by atoms with Crippen molar-refractivity contribution >= 4 is 11.4 Å². The molecule has 6 rings (SSSR count). The highest BCUT2D eigenvalue weighted by Crippen LogP contribution is 2.41. The van der Waals surface area contributed by atoms with E-state index in [1.165, 1.54) is 74.3 Å². The summed E-state index contributed by atoms with van der Waals surface area (Å²) in [5.74, 6) is 0. The largest absolute Gasteiger partial charge is 0.336 e. The molecule has 5 aromatic rings. The number of anilines is 2. The molecule has 0 aliphatic heterocycles. The first-order valence-corrected chi connectivity index (χ1v) is 17.1. The lowest BCUT2D eigenvalue weighted by molar-refractivity contribution is 0.428. The van der Waals surface area contributed by atoms with E-state index in [1.807, 2.05) is 0 Å². The lowest BCUT2D eigenvalue weighted by Crippen LogP contribution is -2.42. The molecule has 1 aliphatic carbocycles. The van der Waals surface area contributed by atoms with Gasteiger partial charge in [-0.05, 0) is 131 Å². The third-order valence-corrected chi connectivity index (χ3v) is 11.1. The Balaban J connectivity index is 1.39. The van der Waals surface area contributed by atoms with Crippen LogP contribution in [0, 0.1) is 0 Å². The van der Waals surface area contributed by atoms with Gasteiger partial charge in [-0.25, -0.2) is 0 Å². The van der Waals surface area contributed by atoms with Crippen LogP contribution < -0.4 is 4.90 Å². The Morgan fingerprint density at radius 3 is 1.42 bits per heavy atom. The molecule has 0 saturated heterocycles. The summed E-state index contributed by atoms with van der Waals surface area (Å²) in [4.78, 5) is 2.59. The number of rotatable bonds is 11. The molecule has 0 aromatic heterocycles. The molecule has 0 atom stereocenters. The average molecular weight is 592 g/mol. The molecule has 5 aromatic carbocycles. The van der Waals surface area contributed by atoms with Crippen molar-refractivity contribution in [2.75, 3.05) is 4.90 Å². The standard InChI is InChI=1S/C44H49N/c1-7-43(5,8-2)40-20-12-17-35(29-40)33-15-11-16-34(27-33)36-18-13-21-41(30-36)45(44(6,9-3)10-4)42-22-14-19-37(31-42)39-26-24-32-23-25-38(32)28-39/h11-22,24,26-31H,7-10,23,25H2,1-6H3. The topological polar surface area (TPSA) is 3.24 Å². The highest BCUT2D eigenvalue weighted by atomic mass is 15.2. The van der Waals surface area contributed by atoms with E-state index in [0.29, 0.717) is 0 Å². The van der Waals surface area contributed by atoms with Crippen molar-refractivity contribution in [3.05, 3.63) is 132 Å². The second-order valence-electron chi connectivity index (χ2n) is 13.6. The maximum Gasteiger partial charge on any atom is 0.0422 e. The van der Waals surface area contributed by atoms with Gasteiger partial charge in [0.2, 0.25) is 0 Å². The van der Waals surface area contributed by atoms with Gasteiger partial charge in [0.05, 0.1) is 0 Å². The fourth-order valence-corrected chi connectivity index (χ4v) is 6.97. The Bertz CT molecular complexity index is 1790. The summed E-state index contributed by atoms with van der Waals surface area (Å²) in [7, 11) is 0. The molecule has 0 heterocycles. The maximum atomic E-state index is 2.59. The van der Waals surface area contributed by atoms with Crippen molar-refractivity contribution in [2.45, 2.75) is 91.0 Å². The van der Waals surface area contributed by atoms with E-state index in [1.54, 1.807) is 0 Å². The van der Waals surface area contributed by atoms with E-state index in [-0.39, 0.29) is 11.0 Å². The minimum atomic E-state index is -0.0226. The Hall–Kier alpha value is -4.10. The van der Waals surface area contributed by atoms with Gasteiger partial charge in [0.25, 0.3) is 0 Å². The molecule has 0 spiro atoms. The minimum Gasteiger partial charge on any atom is -0.336 e. The van der Waals surface area contributed by atoms with Crippen LogP contribution in [0.2, 0.25) is 0 Å². The summed E-state index contributed by atoms with van der Waals surface area (Å²) >= 11 is 0. The fourth-order valence-electron chi connectivity index (χ4n) is 6.97. The van der Waals surface area contributed by atoms with Gasteiger partial charge in [-0.15, -0.1) is 0 Å². The smallest absolute Gasteiger partial charge is 0.0422 e. The van der Waals surface area contributed by atoms with Crippen molar-refractivity contribution in [2.24, 2.45) is 0 Å². The second kappa shape index (κ2) is 12.7. The van der Waals surface area contributed by atoms with Crippen LogP contribution in [0.1, 0.15) is 83.9 Å². The van der Waals surface area contributed by atoms with Crippen molar-refractivity contribution in [3.8, 4) is 33.4 Å². The molecular weight excluding hydrogens is 542 g/mol. The van der Waals surface area contributed by atoms with E-state index < -0.39 is 0 Å². The number of benzene rings is 5. The molecule has 230 valence electrons. The molecule has 0 saturated carbocycles. The molecule has 45 heavy (non-hydrogen) atoms. The predicted molar refractivity (Wildman–Crippen MR) is 196 cm³/mol. The molecule has 0 radical (unpaired) electrons. The van der Waals surface area contributed by atoms with Crippen molar-refractivity contribution < 1.29 is 0 Å². The zero-order chi connectivity index (χ0) is 31.6. The van der Waals surface area contributed by atoms with Crippen LogP contribution in [0.25, 0.3) is 33.4 Å². The SMILES string of the molecule is CCC(C)(CC)c1cccc(-c2cccc(-c3cccc(N(c4cccc(-c5ccc6c(c5)CC6)c4)C(C)(CC)CC)c3)c2)c1. The van der Waals surface area contributed by atoms with Crippen LogP contribution in [-0.2, 0) is 18.3 Å². The van der Waals surface area contributed by atoms with Crippen molar-refractivity contribution in [1.29, 1.82) is 0 Å². The van der Waals surface area contributed by atoms with E-state index in [2.05, 4.69) is 162 Å². The quantitative estimate of drug-likeness (QED) is 0.148. The molecule has 0 N–H and O–H groups in total. The van der Waals surface area contributed by atoms with Crippen LogP contribution in [0.3, 0.4) is 0 Å². The number of hydrogen-bond donors (Lipinski definition) is 0. The zero-order valence-corrected chi connectivity index (χ0v) is 28.2. The summed E-state index contributed by atoms with van der Waals surface area (Å²) in [5.41, 5.74) is 14.8. The van der Waals surface area contributed by atoms with Crippen molar-refractivity contribution in [1.82, 2.24) is 0 Å². The van der Waals surface area contributed by atoms with Crippen LogP contribution in [0.4, 0.5) is 11.4 Å². The number of aryl methyl sites for hydroxylation is 2. The van der Waals surface area contributed by atoms with Gasteiger partial charge in [-0.3, -0.25) is 0 Å². The Morgan fingerprint density at radius 1 is 0.467 bits per heavy atom. The molecule has 0 fully saturated rings. The van der Waals surface area contributed by atoms with E-state index in [0.717, 1.165) is 25.7 Å². The van der Waals surface area contributed by atoms with E-state index in [4.69, 9.17) is 0 Å². The van der Waals surface area contributed by atoms with Gasteiger partial charge in [0.1, 0.15) is 0 Å². The first kappa shape index (κ1) is 30.9. The first-order valence-electron chi connectivity index (χ1n) is 17.1.